The lowest BCUT2D eigenvalue weighted by atomic mass is 10.1. The van der Waals surface area contributed by atoms with Gasteiger partial charge in [0, 0.05) is 24.2 Å². The molecule has 0 saturated heterocycles. The molecule has 0 unspecified atom stereocenters. The van der Waals surface area contributed by atoms with E-state index in [1.165, 1.54) is 0 Å². The highest BCUT2D eigenvalue weighted by atomic mass is 16.2. The van der Waals surface area contributed by atoms with Crippen molar-refractivity contribution in [3.8, 4) is 0 Å². The van der Waals surface area contributed by atoms with Crippen LogP contribution in [0.3, 0.4) is 0 Å². The van der Waals surface area contributed by atoms with Crippen LogP contribution in [0.5, 0.6) is 0 Å². The highest BCUT2D eigenvalue weighted by Gasteiger charge is 2.10. The van der Waals surface area contributed by atoms with Gasteiger partial charge in [0.05, 0.1) is 29.0 Å². The molecule has 3 rings (SSSR count). The van der Waals surface area contributed by atoms with Crippen LogP contribution < -0.4 is 16.0 Å². The summed E-state index contributed by atoms with van der Waals surface area (Å²) < 4.78 is 0. The van der Waals surface area contributed by atoms with Gasteiger partial charge in [-0.15, -0.1) is 0 Å². The maximum atomic E-state index is 12.3. The molecule has 0 aliphatic rings. The van der Waals surface area contributed by atoms with Crippen molar-refractivity contribution in [1.82, 2.24) is 25.9 Å². The van der Waals surface area contributed by atoms with E-state index in [0.29, 0.717) is 16.6 Å². The van der Waals surface area contributed by atoms with E-state index in [4.69, 9.17) is 0 Å². The number of fused-ring (bicyclic) bond motifs is 1. The van der Waals surface area contributed by atoms with E-state index in [9.17, 15) is 14.4 Å². The van der Waals surface area contributed by atoms with Crippen LogP contribution in [-0.2, 0) is 4.79 Å². The van der Waals surface area contributed by atoms with Crippen molar-refractivity contribution in [3.05, 3.63) is 71.0 Å². The lowest BCUT2D eigenvalue weighted by molar-refractivity contribution is -0.120. The first-order valence-corrected chi connectivity index (χ1v) is 9.57. The normalized spacial score (nSPS) is 10.5. The minimum absolute atomic E-state index is 0.135. The third-order valence-corrected chi connectivity index (χ3v) is 4.52. The SMILES string of the molecule is Cc1nc2ccc(C(=O)NCCNC(=O)CNC(=O)c3ccccc3)cc2nc1C. The fourth-order valence-corrected chi connectivity index (χ4v) is 2.77. The first-order chi connectivity index (χ1) is 14.4. The second-order valence-electron chi connectivity index (χ2n) is 6.75. The molecule has 0 bridgehead atoms. The fourth-order valence-electron chi connectivity index (χ4n) is 2.77. The summed E-state index contributed by atoms with van der Waals surface area (Å²) >= 11 is 0. The van der Waals surface area contributed by atoms with Crippen LogP contribution in [-0.4, -0.2) is 47.3 Å². The Morgan fingerprint density at radius 2 is 1.37 bits per heavy atom. The van der Waals surface area contributed by atoms with E-state index in [0.717, 1.165) is 16.9 Å². The molecule has 30 heavy (non-hydrogen) atoms. The Balaban J connectivity index is 1.42. The van der Waals surface area contributed by atoms with E-state index >= 15 is 0 Å². The van der Waals surface area contributed by atoms with E-state index < -0.39 is 0 Å². The predicted molar refractivity (Wildman–Crippen MR) is 113 cm³/mol. The highest BCUT2D eigenvalue weighted by Crippen LogP contribution is 2.14. The number of rotatable bonds is 7. The molecule has 0 atom stereocenters. The number of amides is 3. The highest BCUT2D eigenvalue weighted by molar-refractivity contribution is 5.97. The number of aromatic nitrogens is 2. The predicted octanol–water partition coefficient (Wildman–Crippen LogP) is 1.52. The van der Waals surface area contributed by atoms with E-state index in [1.54, 1.807) is 42.5 Å². The Morgan fingerprint density at radius 1 is 0.733 bits per heavy atom. The molecular formula is C22H23N5O3. The minimum atomic E-state index is -0.333. The summed E-state index contributed by atoms with van der Waals surface area (Å²) in [5.74, 6) is -0.909. The average Bonchev–Trinajstić information content (AvgIpc) is 2.76. The van der Waals surface area contributed by atoms with Gasteiger partial charge < -0.3 is 16.0 Å². The lowest BCUT2D eigenvalue weighted by Crippen LogP contribution is -2.40. The quantitative estimate of drug-likeness (QED) is 0.516. The van der Waals surface area contributed by atoms with Crippen molar-refractivity contribution in [2.75, 3.05) is 19.6 Å². The zero-order valence-electron chi connectivity index (χ0n) is 16.9. The van der Waals surface area contributed by atoms with Crippen LogP contribution in [0.15, 0.2) is 48.5 Å². The number of carbonyl (C=O) groups excluding carboxylic acids is 3. The van der Waals surface area contributed by atoms with Crippen molar-refractivity contribution in [1.29, 1.82) is 0 Å². The van der Waals surface area contributed by atoms with Crippen LogP contribution in [0, 0.1) is 13.8 Å². The standard InChI is InChI=1S/C22H23N5O3/c1-14-15(2)27-19-12-17(8-9-18(19)26-14)22(30)24-11-10-23-20(28)13-25-21(29)16-6-4-3-5-7-16/h3-9,12H,10-11,13H2,1-2H3,(H,23,28)(H,24,30)(H,25,29). The summed E-state index contributed by atoms with van der Waals surface area (Å²) in [4.78, 5) is 45.0. The van der Waals surface area contributed by atoms with Crippen molar-refractivity contribution in [3.63, 3.8) is 0 Å². The molecule has 2 aromatic carbocycles. The van der Waals surface area contributed by atoms with Gasteiger partial charge in [0.15, 0.2) is 0 Å². The molecule has 0 fully saturated rings. The van der Waals surface area contributed by atoms with Gasteiger partial charge in [-0.1, -0.05) is 18.2 Å². The van der Waals surface area contributed by atoms with Gasteiger partial charge >= 0.3 is 0 Å². The van der Waals surface area contributed by atoms with Crippen LogP contribution in [0.25, 0.3) is 11.0 Å². The number of benzene rings is 2. The summed E-state index contributed by atoms with van der Waals surface area (Å²) in [7, 11) is 0. The first kappa shape index (κ1) is 20.9. The van der Waals surface area contributed by atoms with Crippen molar-refractivity contribution in [2.24, 2.45) is 0 Å². The average molecular weight is 405 g/mol. The molecule has 0 radical (unpaired) electrons. The van der Waals surface area contributed by atoms with Crippen molar-refractivity contribution >= 4 is 28.8 Å². The number of nitrogens with zero attached hydrogens (tertiary/aromatic N) is 2. The van der Waals surface area contributed by atoms with Gasteiger partial charge in [-0.2, -0.15) is 0 Å². The van der Waals surface area contributed by atoms with Crippen LogP contribution >= 0.6 is 0 Å². The third kappa shape index (κ3) is 5.38. The molecular weight excluding hydrogens is 382 g/mol. The Kier molecular flexibility index (Phi) is 6.69. The summed E-state index contributed by atoms with van der Waals surface area (Å²) in [6.45, 7) is 4.14. The Morgan fingerprint density at radius 3 is 2.10 bits per heavy atom. The van der Waals surface area contributed by atoms with Crippen molar-refractivity contribution < 1.29 is 14.4 Å². The largest absolute Gasteiger partial charge is 0.353 e. The molecule has 3 amide bonds. The van der Waals surface area contributed by atoms with Crippen LogP contribution in [0.2, 0.25) is 0 Å². The molecule has 8 heteroatoms. The Labute approximate surface area is 174 Å². The van der Waals surface area contributed by atoms with E-state index in [2.05, 4.69) is 25.9 Å². The fraction of sp³-hybridized carbons (Fsp3) is 0.227. The molecule has 0 spiro atoms. The smallest absolute Gasteiger partial charge is 0.251 e. The number of hydrogen-bond acceptors (Lipinski definition) is 5. The van der Waals surface area contributed by atoms with Crippen LogP contribution in [0.1, 0.15) is 32.1 Å². The van der Waals surface area contributed by atoms with E-state index in [1.807, 2.05) is 19.9 Å². The maximum absolute atomic E-state index is 12.3. The van der Waals surface area contributed by atoms with Gasteiger partial charge in [-0.3, -0.25) is 14.4 Å². The van der Waals surface area contributed by atoms with Gasteiger partial charge in [0.1, 0.15) is 0 Å². The molecule has 1 aromatic heterocycles. The molecule has 3 N–H and O–H groups in total. The summed E-state index contributed by atoms with van der Waals surface area (Å²) in [6.07, 6.45) is 0. The van der Waals surface area contributed by atoms with Crippen molar-refractivity contribution in [2.45, 2.75) is 13.8 Å². The van der Waals surface area contributed by atoms with Gasteiger partial charge in [-0.05, 0) is 44.2 Å². The minimum Gasteiger partial charge on any atom is -0.353 e. The van der Waals surface area contributed by atoms with Gasteiger partial charge in [0.2, 0.25) is 5.91 Å². The topological polar surface area (TPSA) is 113 Å². The first-order valence-electron chi connectivity index (χ1n) is 9.57. The monoisotopic (exact) mass is 405 g/mol. The Hall–Kier alpha value is -3.81. The summed E-state index contributed by atoms with van der Waals surface area (Å²) in [6, 6.07) is 13.8. The molecule has 0 aliphatic heterocycles. The van der Waals surface area contributed by atoms with Gasteiger partial charge in [0.25, 0.3) is 11.8 Å². The number of nitrogens with one attached hydrogen (secondary N) is 3. The maximum Gasteiger partial charge on any atom is 0.251 e. The van der Waals surface area contributed by atoms with Gasteiger partial charge in [-0.25, -0.2) is 9.97 Å². The third-order valence-electron chi connectivity index (χ3n) is 4.52. The lowest BCUT2D eigenvalue weighted by Gasteiger charge is -2.09. The number of aryl methyl sites for hydroxylation is 2. The molecule has 154 valence electrons. The summed E-state index contributed by atoms with van der Waals surface area (Å²) in [5.41, 5.74) is 4.04. The second-order valence-corrected chi connectivity index (χ2v) is 6.75. The zero-order valence-corrected chi connectivity index (χ0v) is 16.9. The number of carbonyl (C=O) groups is 3. The zero-order chi connectivity index (χ0) is 21.5. The summed E-state index contributed by atoms with van der Waals surface area (Å²) in [5, 5.41) is 7.94. The van der Waals surface area contributed by atoms with E-state index in [-0.39, 0.29) is 37.4 Å². The van der Waals surface area contributed by atoms with Crippen LogP contribution in [0.4, 0.5) is 0 Å². The molecule has 0 saturated carbocycles. The molecule has 3 aromatic rings. The molecule has 1 heterocycles. The molecule has 8 nitrogen and oxygen atoms in total. The second kappa shape index (κ2) is 9.60. The Bertz CT molecular complexity index is 1080. The number of hydrogen-bond donors (Lipinski definition) is 3. The molecule has 0 aliphatic carbocycles.